The lowest BCUT2D eigenvalue weighted by molar-refractivity contribution is -0.253. The maximum absolute atomic E-state index is 5.66. The summed E-state index contributed by atoms with van der Waals surface area (Å²) < 4.78 is 16.7. The monoisotopic (exact) mass is 279 g/mol. The molecule has 0 bridgehead atoms. The highest BCUT2D eigenvalue weighted by atomic mass is 16.7. The second-order valence-corrected chi connectivity index (χ2v) is 5.80. The van der Waals surface area contributed by atoms with Gasteiger partial charge in [0.1, 0.15) is 5.75 Å². The Balaban J connectivity index is 1.85. The SMILES string of the molecule is COc1ccccc1CC(C)NC1COC(C)(C)OC1. The molecule has 1 aromatic carbocycles. The van der Waals surface area contributed by atoms with Gasteiger partial charge in [-0.05, 0) is 38.8 Å². The van der Waals surface area contributed by atoms with E-state index in [-0.39, 0.29) is 6.04 Å². The molecule has 0 saturated carbocycles. The van der Waals surface area contributed by atoms with Crippen LogP contribution in [0.3, 0.4) is 0 Å². The van der Waals surface area contributed by atoms with Crippen molar-refractivity contribution in [1.82, 2.24) is 5.32 Å². The minimum atomic E-state index is -0.454. The van der Waals surface area contributed by atoms with Crippen molar-refractivity contribution in [3.8, 4) is 5.75 Å². The summed E-state index contributed by atoms with van der Waals surface area (Å²) in [5.41, 5.74) is 1.22. The van der Waals surface area contributed by atoms with Crippen LogP contribution >= 0.6 is 0 Å². The normalized spacial score (nSPS) is 20.6. The summed E-state index contributed by atoms with van der Waals surface area (Å²) in [6.07, 6.45) is 0.921. The predicted molar refractivity (Wildman–Crippen MR) is 79.1 cm³/mol. The third-order valence-corrected chi connectivity index (χ3v) is 3.50. The van der Waals surface area contributed by atoms with Crippen LogP contribution in [0.5, 0.6) is 5.75 Å². The lowest BCUT2D eigenvalue weighted by atomic mass is 10.1. The molecule has 1 aromatic rings. The van der Waals surface area contributed by atoms with Gasteiger partial charge in [-0.25, -0.2) is 0 Å². The Morgan fingerprint density at radius 1 is 1.30 bits per heavy atom. The van der Waals surface area contributed by atoms with Crippen molar-refractivity contribution in [1.29, 1.82) is 0 Å². The maximum Gasteiger partial charge on any atom is 0.162 e. The van der Waals surface area contributed by atoms with Crippen molar-refractivity contribution in [2.45, 2.75) is 45.1 Å². The average molecular weight is 279 g/mol. The van der Waals surface area contributed by atoms with Crippen LogP contribution < -0.4 is 10.1 Å². The van der Waals surface area contributed by atoms with Crippen molar-refractivity contribution < 1.29 is 14.2 Å². The molecule has 20 heavy (non-hydrogen) atoms. The van der Waals surface area contributed by atoms with Gasteiger partial charge in [-0.2, -0.15) is 0 Å². The molecule has 4 heteroatoms. The summed E-state index contributed by atoms with van der Waals surface area (Å²) in [6.45, 7) is 7.43. The molecule has 112 valence electrons. The second-order valence-electron chi connectivity index (χ2n) is 5.80. The fraction of sp³-hybridized carbons (Fsp3) is 0.625. The molecule has 0 radical (unpaired) electrons. The Labute approximate surface area is 121 Å². The maximum atomic E-state index is 5.66. The smallest absolute Gasteiger partial charge is 0.162 e. The van der Waals surface area contributed by atoms with Gasteiger partial charge in [-0.3, -0.25) is 0 Å². The molecular formula is C16H25NO3. The van der Waals surface area contributed by atoms with E-state index in [2.05, 4.69) is 18.3 Å². The number of ether oxygens (including phenoxy) is 3. The number of para-hydroxylation sites is 1. The number of hydrogen-bond donors (Lipinski definition) is 1. The van der Waals surface area contributed by atoms with E-state index < -0.39 is 5.79 Å². The fourth-order valence-corrected chi connectivity index (χ4v) is 2.45. The lowest BCUT2D eigenvalue weighted by Crippen LogP contribution is -2.51. The van der Waals surface area contributed by atoms with Gasteiger partial charge in [0.05, 0.1) is 26.4 Å². The third-order valence-electron chi connectivity index (χ3n) is 3.50. The number of benzene rings is 1. The molecule has 4 nitrogen and oxygen atoms in total. The van der Waals surface area contributed by atoms with Crippen LogP contribution in [-0.2, 0) is 15.9 Å². The lowest BCUT2D eigenvalue weighted by Gasteiger charge is -2.36. The Morgan fingerprint density at radius 2 is 1.95 bits per heavy atom. The van der Waals surface area contributed by atoms with Gasteiger partial charge in [-0.1, -0.05) is 18.2 Å². The van der Waals surface area contributed by atoms with Crippen molar-refractivity contribution in [2.24, 2.45) is 0 Å². The first-order valence-corrected chi connectivity index (χ1v) is 7.16. The molecule has 1 aliphatic rings. The first-order chi connectivity index (χ1) is 9.50. The van der Waals surface area contributed by atoms with Crippen LogP contribution in [-0.4, -0.2) is 38.2 Å². The van der Waals surface area contributed by atoms with E-state index in [4.69, 9.17) is 14.2 Å². The summed E-state index contributed by atoms with van der Waals surface area (Å²) >= 11 is 0. The Bertz CT molecular complexity index is 423. The minimum Gasteiger partial charge on any atom is -0.496 e. The van der Waals surface area contributed by atoms with Crippen LogP contribution in [0, 0.1) is 0 Å². The Morgan fingerprint density at radius 3 is 2.60 bits per heavy atom. The zero-order valence-electron chi connectivity index (χ0n) is 12.8. The molecule has 2 rings (SSSR count). The van der Waals surface area contributed by atoms with E-state index >= 15 is 0 Å². The quantitative estimate of drug-likeness (QED) is 0.898. The Hall–Kier alpha value is -1.10. The minimum absolute atomic E-state index is 0.243. The van der Waals surface area contributed by atoms with Gasteiger partial charge < -0.3 is 19.5 Å². The van der Waals surface area contributed by atoms with E-state index in [1.54, 1.807) is 7.11 Å². The molecule has 1 fully saturated rings. The molecule has 0 spiro atoms. The average Bonchev–Trinajstić information content (AvgIpc) is 2.42. The van der Waals surface area contributed by atoms with E-state index in [1.165, 1.54) is 5.56 Å². The van der Waals surface area contributed by atoms with Gasteiger partial charge in [0.25, 0.3) is 0 Å². The van der Waals surface area contributed by atoms with E-state index in [1.807, 2.05) is 32.0 Å². The molecule has 1 atom stereocenters. The van der Waals surface area contributed by atoms with E-state index in [0.717, 1.165) is 12.2 Å². The van der Waals surface area contributed by atoms with Crippen molar-refractivity contribution in [2.75, 3.05) is 20.3 Å². The molecule has 1 aliphatic heterocycles. The summed E-state index contributed by atoms with van der Waals surface area (Å²) in [6, 6.07) is 8.72. The molecular weight excluding hydrogens is 254 g/mol. The number of hydrogen-bond acceptors (Lipinski definition) is 4. The van der Waals surface area contributed by atoms with Crippen molar-refractivity contribution in [3.63, 3.8) is 0 Å². The first-order valence-electron chi connectivity index (χ1n) is 7.16. The molecule has 0 aromatic heterocycles. The summed E-state index contributed by atoms with van der Waals surface area (Å²) in [5.74, 6) is 0.489. The molecule has 1 heterocycles. The summed E-state index contributed by atoms with van der Waals surface area (Å²) in [5, 5.41) is 3.55. The predicted octanol–water partition coefficient (Wildman–Crippen LogP) is 2.37. The molecule has 0 amide bonds. The highest BCUT2D eigenvalue weighted by Gasteiger charge is 2.28. The summed E-state index contributed by atoms with van der Waals surface area (Å²) in [4.78, 5) is 0. The molecule has 1 N–H and O–H groups in total. The van der Waals surface area contributed by atoms with E-state index in [9.17, 15) is 0 Å². The van der Waals surface area contributed by atoms with Gasteiger partial charge in [0.15, 0.2) is 5.79 Å². The van der Waals surface area contributed by atoms with Gasteiger partial charge in [0, 0.05) is 6.04 Å². The standard InChI is InChI=1S/C16H25NO3/c1-12(9-13-7-5-6-8-15(13)18-4)17-14-10-19-16(2,3)20-11-14/h5-8,12,14,17H,9-11H2,1-4H3. The summed E-state index contributed by atoms with van der Waals surface area (Å²) in [7, 11) is 1.71. The van der Waals surface area contributed by atoms with Gasteiger partial charge in [0.2, 0.25) is 0 Å². The van der Waals surface area contributed by atoms with Gasteiger partial charge in [-0.15, -0.1) is 0 Å². The molecule has 0 aliphatic carbocycles. The van der Waals surface area contributed by atoms with Crippen molar-refractivity contribution in [3.05, 3.63) is 29.8 Å². The van der Waals surface area contributed by atoms with Crippen molar-refractivity contribution >= 4 is 0 Å². The molecule has 1 saturated heterocycles. The van der Waals surface area contributed by atoms with E-state index in [0.29, 0.717) is 19.3 Å². The number of methoxy groups -OCH3 is 1. The van der Waals surface area contributed by atoms with Crippen LogP contribution in [0.25, 0.3) is 0 Å². The number of rotatable bonds is 5. The number of nitrogens with one attached hydrogen (secondary N) is 1. The van der Waals surface area contributed by atoms with Gasteiger partial charge >= 0.3 is 0 Å². The van der Waals surface area contributed by atoms with Crippen LogP contribution in [0.1, 0.15) is 26.3 Å². The molecule has 1 unspecified atom stereocenters. The van der Waals surface area contributed by atoms with Crippen LogP contribution in [0.2, 0.25) is 0 Å². The first kappa shape index (κ1) is 15.3. The topological polar surface area (TPSA) is 39.7 Å². The largest absolute Gasteiger partial charge is 0.496 e. The highest BCUT2D eigenvalue weighted by molar-refractivity contribution is 5.33. The Kier molecular flexibility index (Phi) is 5.02. The van der Waals surface area contributed by atoms with Crippen LogP contribution in [0.15, 0.2) is 24.3 Å². The highest BCUT2D eigenvalue weighted by Crippen LogP contribution is 2.20. The third kappa shape index (κ3) is 4.20. The second kappa shape index (κ2) is 6.57. The zero-order chi connectivity index (χ0) is 14.6. The fourth-order valence-electron chi connectivity index (χ4n) is 2.45. The zero-order valence-corrected chi connectivity index (χ0v) is 12.8. The van der Waals surface area contributed by atoms with Crippen LogP contribution in [0.4, 0.5) is 0 Å².